The van der Waals surface area contributed by atoms with Crippen LogP contribution < -0.4 is 4.90 Å². The molecule has 2 saturated carbocycles. The summed E-state index contributed by atoms with van der Waals surface area (Å²) in [5.41, 5.74) is 2.71. The minimum atomic E-state index is -0.567. The second kappa shape index (κ2) is 9.73. The minimum Gasteiger partial charge on any atom is -0.465 e. The van der Waals surface area contributed by atoms with E-state index in [2.05, 4.69) is 15.0 Å². The molecule has 2 aliphatic carbocycles. The van der Waals surface area contributed by atoms with Gasteiger partial charge in [0.15, 0.2) is 10.9 Å². The zero-order chi connectivity index (χ0) is 26.8. The number of rotatable bonds is 7. The Labute approximate surface area is 237 Å². The van der Waals surface area contributed by atoms with E-state index in [1.54, 1.807) is 18.2 Å². The van der Waals surface area contributed by atoms with Gasteiger partial charge in [0.25, 0.3) is 0 Å². The molecule has 11 heteroatoms. The highest BCUT2D eigenvalue weighted by molar-refractivity contribution is 7.22. The fraction of sp³-hybridized carbons (Fsp3) is 0.393. The topological polar surface area (TPSA) is 77.7 Å². The average Bonchev–Trinajstić information content (AvgIpc) is 3.38. The maximum atomic E-state index is 14.7. The molecular formula is C28H24Cl2FN3O4S. The van der Waals surface area contributed by atoms with Gasteiger partial charge in [0.1, 0.15) is 17.0 Å². The number of halogens is 3. The fourth-order valence-corrected chi connectivity index (χ4v) is 7.39. The maximum Gasteiger partial charge on any atom is 0.338 e. The zero-order valence-electron chi connectivity index (χ0n) is 21.0. The van der Waals surface area contributed by atoms with E-state index in [0.29, 0.717) is 50.4 Å². The molecule has 3 aliphatic rings. The number of esters is 1. The number of nitrogens with zero attached hydrogens (tertiary/aromatic N) is 3. The van der Waals surface area contributed by atoms with Crippen LogP contribution in [-0.2, 0) is 16.1 Å². The first-order valence-corrected chi connectivity index (χ1v) is 14.5. The Bertz CT molecular complexity index is 1580. The quantitative estimate of drug-likeness (QED) is 0.213. The molecule has 7 rings (SSSR count). The number of hydrogen-bond acceptors (Lipinski definition) is 8. The number of anilines is 1. The van der Waals surface area contributed by atoms with Crippen LogP contribution in [0.2, 0.25) is 10.0 Å². The van der Waals surface area contributed by atoms with Crippen LogP contribution in [0.4, 0.5) is 9.52 Å². The molecule has 202 valence electrons. The van der Waals surface area contributed by atoms with Gasteiger partial charge in [0, 0.05) is 36.1 Å². The summed E-state index contributed by atoms with van der Waals surface area (Å²) in [6.07, 6.45) is 3.18. The van der Waals surface area contributed by atoms with Gasteiger partial charge in [-0.15, -0.1) is 0 Å². The van der Waals surface area contributed by atoms with Crippen molar-refractivity contribution < 1.29 is 23.2 Å². The highest BCUT2D eigenvalue weighted by Gasteiger charge is 2.48. The Hall–Kier alpha value is -2.72. The highest BCUT2D eigenvalue weighted by atomic mass is 35.5. The van der Waals surface area contributed by atoms with Gasteiger partial charge in [-0.2, -0.15) is 0 Å². The Morgan fingerprint density at radius 3 is 2.77 bits per heavy atom. The molecule has 0 spiro atoms. The molecule has 3 heterocycles. The second-order valence-corrected chi connectivity index (χ2v) is 12.3. The van der Waals surface area contributed by atoms with Gasteiger partial charge in [-0.3, -0.25) is 0 Å². The number of ether oxygens (including phenoxy) is 2. The van der Waals surface area contributed by atoms with Crippen molar-refractivity contribution in [2.45, 2.75) is 37.9 Å². The molecule has 39 heavy (non-hydrogen) atoms. The molecular weight excluding hydrogens is 564 g/mol. The van der Waals surface area contributed by atoms with Crippen molar-refractivity contribution in [3.05, 3.63) is 63.1 Å². The van der Waals surface area contributed by atoms with Crippen molar-refractivity contribution in [1.29, 1.82) is 0 Å². The number of hydrogen-bond donors (Lipinski definition) is 0. The van der Waals surface area contributed by atoms with Gasteiger partial charge in [-0.25, -0.2) is 14.2 Å². The number of carbonyl (C=O) groups excluding carboxylic acids is 1. The van der Waals surface area contributed by atoms with E-state index in [1.165, 1.54) is 24.5 Å². The van der Waals surface area contributed by atoms with E-state index in [9.17, 15) is 9.18 Å². The molecule has 1 aliphatic heterocycles. The molecule has 4 aromatic rings. The van der Waals surface area contributed by atoms with Gasteiger partial charge < -0.3 is 18.9 Å². The largest absolute Gasteiger partial charge is 0.465 e. The number of fused-ring (bicyclic) bond motifs is 2. The molecule has 7 nitrogen and oxygen atoms in total. The van der Waals surface area contributed by atoms with Crippen LogP contribution in [0.25, 0.3) is 21.5 Å². The van der Waals surface area contributed by atoms with Crippen LogP contribution in [0.1, 0.15) is 46.9 Å². The third-order valence-electron chi connectivity index (χ3n) is 8.04. The molecule has 3 atom stereocenters. The van der Waals surface area contributed by atoms with Crippen molar-refractivity contribution in [3.63, 3.8) is 0 Å². The molecule has 3 fully saturated rings. The summed E-state index contributed by atoms with van der Waals surface area (Å²) in [5.74, 6) is 0.981. The lowest BCUT2D eigenvalue weighted by molar-refractivity contribution is -0.0747. The summed E-state index contributed by atoms with van der Waals surface area (Å²) < 4.78 is 32.3. The van der Waals surface area contributed by atoms with E-state index in [0.717, 1.165) is 48.8 Å². The summed E-state index contributed by atoms with van der Waals surface area (Å²) in [4.78, 5) is 18.7. The van der Waals surface area contributed by atoms with Crippen LogP contribution in [0.15, 0.2) is 34.9 Å². The molecule has 0 radical (unpaired) electrons. The summed E-state index contributed by atoms with van der Waals surface area (Å²) >= 11 is 14.4. The number of carbonyl (C=O) groups is 1. The number of benzene rings is 2. The summed E-state index contributed by atoms with van der Waals surface area (Å²) in [6.45, 7) is 2.00. The number of aromatic nitrogens is 2. The normalized spacial score (nSPS) is 22.3. The van der Waals surface area contributed by atoms with Crippen LogP contribution in [0.3, 0.4) is 0 Å². The Kier molecular flexibility index (Phi) is 6.30. The molecule has 0 amide bonds. The van der Waals surface area contributed by atoms with Crippen LogP contribution in [-0.4, -0.2) is 42.4 Å². The lowest BCUT2D eigenvalue weighted by atomic mass is 9.73. The molecule has 0 bridgehead atoms. The molecule has 1 saturated heterocycles. The third kappa shape index (κ3) is 4.40. The minimum absolute atomic E-state index is 0.0913. The predicted molar refractivity (Wildman–Crippen MR) is 147 cm³/mol. The maximum absolute atomic E-state index is 14.7. The highest BCUT2D eigenvalue weighted by Crippen LogP contribution is 2.48. The number of methoxy groups -OCH3 is 1. The van der Waals surface area contributed by atoms with Crippen molar-refractivity contribution in [3.8, 4) is 11.3 Å². The van der Waals surface area contributed by atoms with E-state index < -0.39 is 11.8 Å². The van der Waals surface area contributed by atoms with Gasteiger partial charge >= 0.3 is 5.97 Å². The molecule has 2 aromatic heterocycles. The van der Waals surface area contributed by atoms with E-state index in [-0.39, 0.29) is 17.2 Å². The smallest absolute Gasteiger partial charge is 0.338 e. The van der Waals surface area contributed by atoms with E-state index in [4.69, 9.17) is 37.2 Å². The Balaban J connectivity index is 1.07. The van der Waals surface area contributed by atoms with Crippen LogP contribution in [0, 0.1) is 17.7 Å². The number of thiazole rings is 1. The van der Waals surface area contributed by atoms with Crippen molar-refractivity contribution in [1.82, 2.24) is 10.1 Å². The first-order chi connectivity index (χ1) is 18.9. The monoisotopic (exact) mass is 587 g/mol. The summed E-state index contributed by atoms with van der Waals surface area (Å²) in [6, 6.07) is 8.23. The lowest BCUT2D eigenvalue weighted by Gasteiger charge is -2.38. The van der Waals surface area contributed by atoms with Crippen molar-refractivity contribution in [2.24, 2.45) is 11.8 Å². The van der Waals surface area contributed by atoms with Gasteiger partial charge in [-0.1, -0.05) is 45.8 Å². The lowest BCUT2D eigenvalue weighted by Crippen LogP contribution is -2.42. The van der Waals surface area contributed by atoms with Crippen molar-refractivity contribution >= 4 is 55.9 Å². The first kappa shape index (κ1) is 25.3. The summed E-state index contributed by atoms with van der Waals surface area (Å²) in [5, 5.41) is 6.17. The first-order valence-electron chi connectivity index (χ1n) is 12.9. The third-order valence-corrected chi connectivity index (χ3v) is 9.73. The molecule has 2 unspecified atom stereocenters. The Morgan fingerprint density at radius 2 is 2.03 bits per heavy atom. The molecule has 0 N–H and O–H groups in total. The Morgan fingerprint density at radius 1 is 1.23 bits per heavy atom. The van der Waals surface area contributed by atoms with E-state index in [1.807, 2.05) is 6.07 Å². The van der Waals surface area contributed by atoms with Gasteiger partial charge in [0.2, 0.25) is 0 Å². The summed E-state index contributed by atoms with van der Waals surface area (Å²) in [7, 11) is 1.28. The second-order valence-electron chi connectivity index (χ2n) is 10.5. The SMILES string of the molecule is COC(=O)c1cc(F)c2nc(N3CC4CC(OCc5c(-c6c(Cl)cccc6Cl)noc5C5CC5)[C@@H]4C3)sc2c1. The van der Waals surface area contributed by atoms with Gasteiger partial charge in [-0.05, 0) is 49.4 Å². The molecule has 2 aromatic carbocycles. The zero-order valence-corrected chi connectivity index (χ0v) is 23.3. The fourth-order valence-electron chi connectivity index (χ4n) is 5.78. The standard InChI is InChI=1S/C28H24Cl2FN3O4S/c1-36-27(35)14-7-20(31)25-22(9-14)39-28(32-25)34-10-15-8-21(16(15)11-34)37-12-17-24(33-38-26(17)13-5-6-13)23-18(29)3-2-4-19(23)30/h2-4,7,9,13,15-16,21H,5-6,8,10-12H2,1H3/t15?,16-,21?/m1/s1. The average molecular weight is 588 g/mol. The predicted octanol–water partition coefficient (Wildman–Crippen LogP) is 7.10. The van der Waals surface area contributed by atoms with Crippen LogP contribution >= 0.6 is 34.5 Å². The van der Waals surface area contributed by atoms with Crippen LogP contribution in [0.5, 0.6) is 0 Å². The van der Waals surface area contributed by atoms with E-state index >= 15 is 0 Å². The van der Waals surface area contributed by atoms with Crippen molar-refractivity contribution in [2.75, 3.05) is 25.1 Å². The van der Waals surface area contributed by atoms with Gasteiger partial charge in [0.05, 0.1) is 40.1 Å².